The lowest BCUT2D eigenvalue weighted by molar-refractivity contribution is 0.0371. The molecule has 20 heavy (non-hydrogen) atoms. The van der Waals surface area contributed by atoms with Gasteiger partial charge in [0.05, 0.1) is 11.3 Å². The summed E-state index contributed by atoms with van der Waals surface area (Å²) in [5.41, 5.74) is 5.25. The lowest BCUT2D eigenvalue weighted by Crippen LogP contribution is -2.39. The van der Waals surface area contributed by atoms with E-state index in [0.29, 0.717) is 10.3 Å². The third kappa shape index (κ3) is 2.91. The Morgan fingerprint density at radius 2 is 2.15 bits per heavy atom. The minimum Gasteiger partial charge on any atom is -0.397 e. The normalized spacial score (nSPS) is 11.8. The minimum absolute atomic E-state index is 0.188. The van der Waals surface area contributed by atoms with Crippen molar-refractivity contribution in [2.45, 2.75) is 19.4 Å². The molecular formula is C14H17FN2O2S. The number of nitrogens with two attached hydrogens (primary N) is 1. The van der Waals surface area contributed by atoms with Crippen LogP contribution in [0.2, 0.25) is 0 Å². The molecule has 1 aromatic heterocycles. The first-order valence-electron chi connectivity index (χ1n) is 6.14. The van der Waals surface area contributed by atoms with Gasteiger partial charge in [0.15, 0.2) is 0 Å². The number of carbonyl (C=O) groups is 1. The number of halogens is 1. The predicted molar refractivity (Wildman–Crippen MR) is 79.5 cm³/mol. The average Bonchev–Trinajstić information content (AvgIpc) is 2.64. The highest BCUT2D eigenvalue weighted by atomic mass is 32.1. The Bertz CT molecular complexity index is 661. The van der Waals surface area contributed by atoms with Crippen molar-refractivity contribution in [1.29, 1.82) is 0 Å². The van der Waals surface area contributed by atoms with Crippen LogP contribution < -0.4 is 5.73 Å². The highest BCUT2D eigenvalue weighted by Crippen LogP contribution is 2.34. The standard InChI is InChI=1S/C14H17FN2O2S/c1-14(2,19)7-17(3)13(18)12-11(16)9-6-8(15)4-5-10(9)20-12/h4-6,19H,7,16H2,1-3H3. The Morgan fingerprint density at radius 3 is 2.75 bits per heavy atom. The second kappa shape index (κ2) is 5.03. The van der Waals surface area contributed by atoms with Crippen molar-refractivity contribution in [3.8, 4) is 0 Å². The van der Waals surface area contributed by atoms with E-state index in [1.807, 2.05) is 0 Å². The summed E-state index contributed by atoms with van der Waals surface area (Å²) < 4.78 is 14.0. The van der Waals surface area contributed by atoms with Gasteiger partial charge in [-0.25, -0.2) is 4.39 Å². The second-order valence-corrected chi connectivity index (χ2v) is 6.51. The lowest BCUT2D eigenvalue weighted by Gasteiger charge is -2.25. The number of fused-ring (bicyclic) bond motifs is 1. The van der Waals surface area contributed by atoms with Crippen LogP contribution in [0.15, 0.2) is 18.2 Å². The fraction of sp³-hybridized carbons (Fsp3) is 0.357. The van der Waals surface area contributed by atoms with Gasteiger partial charge in [-0.3, -0.25) is 4.79 Å². The highest BCUT2D eigenvalue weighted by Gasteiger charge is 2.24. The minimum atomic E-state index is -0.984. The van der Waals surface area contributed by atoms with Gasteiger partial charge in [-0.2, -0.15) is 0 Å². The predicted octanol–water partition coefficient (Wildman–Crippen LogP) is 2.47. The molecular weight excluding hydrogens is 279 g/mol. The summed E-state index contributed by atoms with van der Waals surface area (Å²) in [6.07, 6.45) is 0. The van der Waals surface area contributed by atoms with Gasteiger partial charge in [0.25, 0.3) is 5.91 Å². The number of benzene rings is 1. The Balaban J connectivity index is 2.38. The number of thiophene rings is 1. The lowest BCUT2D eigenvalue weighted by atomic mass is 10.1. The molecule has 108 valence electrons. The van der Waals surface area contributed by atoms with Gasteiger partial charge in [-0.15, -0.1) is 11.3 Å². The van der Waals surface area contributed by atoms with Crippen molar-refractivity contribution in [1.82, 2.24) is 4.90 Å². The number of aliphatic hydroxyl groups is 1. The van der Waals surface area contributed by atoms with Crippen LogP contribution in [0.4, 0.5) is 10.1 Å². The second-order valence-electron chi connectivity index (χ2n) is 5.46. The maximum Gasteiger partial charge on any atom is 0.265 e. The molecule has 1 heterocycles. The first-order chi connectivity index (χ1) is 9.19. The summed E-state index contributed by atoms with van der Waals surface area (Å²) in [6.45, 7) is 3.44. The fourth-order valence-corrected chi connectivity index (χ4v) is 3.17. The van der Waals surface area contributed by atoms with Crippen LogP contribution in [0.3, 0.4) is 0 Å². The number of amides is 1. The van der Waals surface area contributed by atoms with Gasteiger partial charge in [0.1, 0.15) is 10.7 Å². The summed E-state index contributed by atoms with van der Waals surface area (Å²) in [4.78, 5) is 14.1. The van der Waals surface area contributed by atoms with E-state index in [9.17, 15) is 14.3 Å². The van der Waals surface area contributed by atoms with Crippen molar-refractivity contribution in [2.24, 2.45) is 0 Å². The average molecular weight is 296 g/mol. The molecule has 2 aromatic rings. The number of nitrogens with zero attached hydrogens (tertiary/aromatic N) is 1. The van der Waals surface area contributed by atoms with Gasteiger partial charge in [-0.1, -0.05) is 0 Å². The zero-order valence-corrected chi connectivity index (χ0v) is 12.4. The van der Waals surface area contributed by atoms with Gasteiger partial charge < -0.3 is 15.7 Å². The van der Waals surface area contributed by atoms with E-state index in [-0.39, 0.29) is 24.0 Å². The van der Waals surface area contributed by atoms with E-state index >= 15 is 0 Å². The van der Waals surface area contributed by atoms with E-state index in [0.717, 1.165) is 4.70 Å². The number of nitrogen functional groups attached to an aromatic ring is 1. The van der Waals surface area contributed by atoms with Crippen LogP contribution in [0.1, 0.15) is 23.5 Å². The largest absolute Gasteiger partial charge is 0.397 e. The van der Waals surface area contributed by atoms with Crippen LogP contribution in [0, 0.1) is 5.82 Å². The molecule has 4 nitrogen and oxygen atoms in total. The van der Waals surface area contributed by atoms with Crippen molar-refractivity contribution < 1.29 is 14.3 Å². The third-order valence-electron chi connectivity index (χ3n) is 2.85. The molecule has 0 saturated heterocycles. The third-order valence-corrected chi connectivity index (χ3v) is 4.03. The maximum atomic E-state index is 13.2. The number of anilines is 1. The zero-order chi connectivity index (χ0) is 15.1. The fourth-order valence-electron chi connectivity index (χ4n) is 2.07. The van der Waals surface area contributed by atoms with E-state index in [2.05, 4.69) is 0 Å². The smallest absolute Gasteiger partial charge is 0.265 e. The Labute approximate surface area is 120 Å². The number of hydrogen-bond acceptors (Lipinski definition) is 4. The van der Waals surface area contributed by atoms with Gasteiger partial charge in [0, 0.05) is 23.7 Å². The van der Waals surface area contributed by atoms with Crippen molar-refractivity contribution in [3.05, 3.63) is 28.9 Å². The van der Waals surface area contributed by atoms with E-state index in [1.165, 1.54) is 28.4 Å². The van der Waals surface area contributed by atoms with Crippen molar-refractivity contribution >= 4 is 33.0 Å². The zero-order valence-electron chi connectivity index (χ0n) is 11.6. The molecule has 0 fully saturated rings. The monoisotopic (exact) mass is 296 g/mol. The van der Waals surface area contributed by atoms with Crippen LogP contribution in [-0.2, 0) is 0 Å². The Morgan fingerprint density at radius 1 is 1.50 bits per heavy atom. The van der Waals surface area contributed by atoms with Gasteiger partial charge in [0.2, 0.25) is 0 Å². The molecule has 0 unspecified atom stereocenters. The number of hydrogen-bond donors (Lipinski definition) is 2. The molecule has 3 N–H and O–H groups in total. The molecule has 0 bridgehead atoms. The molecule has 2 rings (SSSR count). The van der Waals surface area contributed by atoms with E-state index in [4.69, 9.17) is 5.73 Å². The summed E-state index contributed by atoms with van der Waals surface area (Å²) in [7, 11) is 1.60. The highest BCUT2D eigenvalue weighted by molar-refractivity contribution is 7.21. The molecule has 0 aliphatic carbocycles. The first-order valence-corrected chi connectivity index (χ1v) is 6.96. The van der Waals surface area contributed by atoms with Crippen LogP contribution in [-0.4, -0.2) is 35.1 Å². The molecule has 1 aromatic carbocycles. The molecule has 6 heteroatoms. The molecule has 0 spiro atoms. The van der Waals surface area contributed by atoms with Gasteiger partial charge in [-0.05, 0) is 32.0 Å². The quantitative estimate of drug-likeness (QED) is 0.914. The van der Waals surface area contributed by atoms with Crippen LogP contribution in [0.25, 0.3) is 10.1 Å². The van der Waals surface area contributed by atoms with E-state index in [1.54, 1.807) is 27.0 Å². The van der Waals surface area contributed by atoms with Crippen molar-refractivity contribution in [3.63, 3.8) is 0 Å². The van der Waals surface area contributed by atoms with Gasteiger partial charge >= 0.3 is 0 Å². The first kappa shape index (κ1) is 14.7. The molecule has 0 aliphatic heterocycles. The maximum absolute atomic E-state index is 13.2. The molecule has 1 amide bonds. The van der Waals surface area contributed by atoms with E-state index < -0.39 is 5.60 Å². The molecule has 0 saturated carbocycles. The molecule has 0 aliphatic rings. The SMILES string of the molecule is CN(CC(C)(C)O)C(=O)c1sc2ccc(F)cc2c1N. The Hall–Kier alpha value is -1.66. The van der Waals surface area contributed by atoms with Crippen molar-refractivity contribution in [2.75, 3.05) is 19.3 Å². The topological polar surface area (TPSA) is 66.6 Å². The molecule has 0 radical (unpaired) electrons. The molecule has 0 atom stereocenters. The summed E-state index contributed by atoms with van der Waals surface area (Å²) in [5, 5.41) is 10.3. The number of carbonyl (C=O) groups excluding carboxylic acids is 1. The number of rotatable bonds is 3. The number of likely N-dealkylation sites (N-methyl/N-ethyl adjacent to an activating group) is 1. The Kier molecular flexibility index (Phi) is 3.71. The summed E-state index contributed by atoms with van der Waals surface area (Å²) in [5.74, 6) is -0.655. The summed E-state index contributed by atoms with van der Waals surface area (Å²) in [6, 6.07) is 4.28. The summed E-state index contributed by atoms with van der Waals surface area (Å²) >= 11 is 1.23. The van der Waals surface area contributed by atoms with Crippen LogP contribution >= 0.6 is 11.3 Å². The van der Waals surface area contributed by atoms with Crippen LogP contribution in [0.5, 0.6) is 0 Å².